The van der Waals surface area contributed by atoms with Gasteiger partial charge in [-0.2, -0.15) is 13.2 Å². The minimum Gasteiger partial charge on any atom is -0.334 e. The van der Waals surface area contributed by atoms with Crippen LogP contribution < -0.4 is 0 Å². The summed E-state index contributed by atoms with van der Waals surface area (Å²) in [7, 11) is 1.69. The van der Waals surface area contributed by atoms with Gasteiger partial charge in [-0.1, -0.05) is 30.3 Å². The molecule has 17 heavy (non-hydrogen) atoms. The molecule has 0 aliphatic heterocycles. The molecule has 2 aromatic rings. The Morgan fingerprint density at radius 1 is 1.18 bits per heavy atom. The monoisotopic (exact) mass is 240 g/mol. The molecule has 2 rings (SSSR count). The van der Waals surface area contributed by atoms with Crippen LogP contribution in [0.25, 0.3) is 11.3 Å². The summed E-state index contributed by atoms with van der Waals surface area (Å²) in [6, 6.07) is 8.95. The summed E-state index contributed by atoms with van der Waals surface area (Å²) < 4.78 is 38.8. The average Bonchev–Trinajstić information content (AvgIpc) is 2.58. The standard InChI is InChI=1S/C12H11F3N2/c1-17-8-16-10(7-12(13,14)15)11(17)9-5-3-2-4-6-9/h2-6,8H,7H2,1H3. The van der Waals surface area contributed by atoms with E-state index in [9.17, 15) is 13.2 Å². The third-order valence-electron chi connectivity index (χ3n) is 2.43. The summed E-state index contributed by atoms with van der Waals surface area (Å²) in [6.45, 7) is 0. The molecule has 0 aliphatic carbocycles. The maximum atomic E-state index is 12.4. The molecular formula is C12H11F3N2. The minimum atomic E-state index is -4.24. The summed E-state index contributed by atoms with van der Waals surface area (Å²) >= 11 is 0. The Morgan fingerprint density at radius 2 is 1.82 bits per heavy atom. The maximum absolute atomic E-state index is 12.4. The summed E-state index contributed by atoms with van der Waals surface area (Å²) in [5.41, 5.74) is 1.32. The van der Waals surface area contributed by atoms with Crippen molar-refractivity contribution in [2.75, 3.05) is 0 Å². The first-order chi connectivity index (χ1) is 7.97. The Kier molecular flexibility index (Phi) is 2.92. The van der Waals surface area contributed by atoms with Crippen LogP contribution in [0.2, 0.25) is 0 Å². The largest absolute Gasteiger partial charge is 0.394 e. The van der Waals surface area contributed by atoms with Gasteiger partial charge < -0.3 is 4.57 Å². The molecule has 90 valence electrons. The van der Waals surface area contributed by atoms with E-state index < -0.39 is 12.6 Å². The molecule has 2 nitrogen and oxygen atoms in total. The molecular weight excluding hydrogens is 229 g/mol. The molecule has 0 radical (unpaired) electrons. The Hall–Kier alpha value is -1.78. The lowest BCUT2D eigenvalue weighted by Crippen LogP contribution is -2.12. The smallest absolute Gasteiger partial charge is 0.334 e. The van der Waals surface area contributed by atoms with E-state index in [4.69, 9.17) is 0 Å². The lowest BCUT2D eigenvalue weighted by atomic mass is 10.1. The van der Waals surface area contributed by atoms with E-state index in [-0.39, 0.29) is 5.69 Å². The van der Waals surface area contributed by atoms with Gasteiger partial charge in [0.15, 0.2) is 0 Å². The van der Waals surface area contributed by atoms with Gasteiger partial charge >= 0.3 is 6.18 Å². The third kappa shape index (κ3) is 2.67. The van der Waals surface area contributed by atoms with E-state index in [1.54, 1.807) is 35.9 Å². The van der Waals surface area contributed by atoms with Crippen LogP contribution in [0.5, 0.6) is 0 Å². The molecule has 0 saturated carbocycles. The van der Waals surface area contributed by atoms with Crippen LogP contribution in [0.15, 0.2) is 36.7 Å². The molecule has 0 bridgehead atoms. The Bertz CT molecular complexity index is 500. The van der Waals surface area contributed by atoms with Crippen LogP contribution in [0.3, 0.4) is 0 Å². The zero-order valence-corrected chi connectivity index (χ0v) is 9.20. The lowest BCUT2D eigenvalue weighted by molar-refractivity contribution is -0.127. The van der Waals surface area contributed by atoms with Gasteiger partial charge in [0.2, 0.25) is 0 Å². The molecule has 1 aromatic carbocycles. The predicted octanol–water partition coefficient (Wildman–Crippen LogP) is 3.19. The molecule has 0 atom stereocenters. The zero-order valence-electron chi connectivity index (χ0n) is 9.20. The molecule has 0 aliphatic rings. The second-order valence-electron chi connectivity index (χ2n) is 3.81. The van der Waals surface area contributed by atoms with Gasteiger partial charge in [0, 0.05) is 12.6 Å². The molecule has 0 amide bonds. The number of hydrogen-bond acceptors (Lipinski definition) is 1. The number of rotatable bonds is 2. The molecule has 0 N–H and O–H groups in total. The maximum Gasteiger partial charge on any atom is 0.394 e. The number of benzene rings is 1. The van der Waals surface area contributed by atoms with Crippen molar-refractivity contribution in [1.82, 2.24) is 9.55 Å². The second-order valence-corrected chi connectivity index (χ2v) is 3.81. The fraction of sp³-hybridized carbons (Fsp3) is 0.250. The minimum absolute atomic E-state index is 0.0613. The van der Waals surface area contributed by atoms with Crippen LogP contribution in [0, 0.1) is 0 Å². The first kappa shape index (κ1) is 11.7. The van der Waals surface area contributed by atoms with Crippen LogP contribution in [0.1, 0.15) is 5.69 Å². The number of aromatic nitrogens is 2. The van der Waals surface area contributed by atoms with Crippen LogP contribution in [-0.4, -0.2) is 15.7 Å². The van der Waals surface area contributed by atoms with Gasteiger partial charge in [0.25, 0.3) is 0 Å². The fourth-order valence-corrected chi connectivity index (χ4v) is 1.76. The van der Waals surface area contributed by atoms with Gasteiger partial charge in [0.05, 0.1) is 24.1 Å². The average molecular weight is 240 g/mol. The first-order valence-corrected chi connectivity index (χ1v) is 5.10. The van der Waals surface area contributed by atoms with Crippen molar-refractivity contribution in [2.24, 2.45) is 7.05 Å². The highest BCUT2D eigenvalue weighted by Gasteiger charge is 2.30. The van der Waals surface area contributed by atoms with E-state index in [0.29, 0.717) is 5.69 Å². The van der Waals surface area contributed by atoms with E-state index >= 15 is 0 Å². The molecule has 0 unspecified atom stereocenters. The zero-order chi connectivity index (χ0) is 12.5. The highest BCUT2D eigenvalue weighted by molar-refractivity contribution is 5.62. The summed E-state index contributed by atoms with van der Waals surface area (Å²) in [4.78, 5) is 3.82. The van der Waals surface area contributed by atoms with E-state index in [0.717, 1.165) is 5.56 Å². The number of aryl methyl sites for hydroxylation is 1. The van der Waals surface area contributed by atoms with Crippen molar-refractivity contribution < 1.29 is 13.2 Å². The van der Waals surface area contributed by atoms with Gasteiger partial charge in [0.1, 0.15) is 0 Å². The molecule has 0 saturated heterocycles. The SMILES string of the molecule is Cn1cnc(CC(F)(F)F)c1-c1ccccc1. The quantitative estimate of drug-likeness (QED) is 0.788. The van der Waals surface area contributed by atoms with E-state index in [2.05, 4.69) is 4.98 Å². The summed E-state index contributed by atoms with van der Waals surface area (Å²) in [6.07, 6.45) is -3.83. The van der Waals surface area contributed by atoms with Crippen molar-refractivity contribution in [2.45, 2.75) is 12.6 Å². The molecule has 0 spiro atoms. The van der Waals surface area contributed by atoms with Crippen molar-refractivity contribution in [3.63, 3.8) is 0 Å². The molecule has 5 heteroatoms. The number of halogens is 3. The van der Waals surface area contributed by atoms with Crippen LogP contribution in [-0.2, 0) is 13.5 Å². The highest BCUT2D eigenvalue weighted by Crippen LogP contribution is 2.28. The fourth-order valence-electron chi connectivity index (χ4n) is 1.76. The van der Waals surface area contributed by atoms with E-state index in [1.807, 2.05) is 6.07 Å². The van der Waals surface area contributed by atoms with Crippen LogP contribution >= 0.6 is 0 Å². The normalized spacial score (nSPS) is 11.8. The topological polar surface area (TPSA) is 17.8 Å². The highest BCUT2D eigenvalue weighted by atomic mass is 19.4. The summed E-state index contributed by atoms with van der Waals surface area (Å²) in [5, 5.41) is 0. The second kappa shape index (κ2) is 4.24. The molecule has 0 fully saturated rings. The Morgan fingerprint density at radius 3 is 2.41 bits per heavy atom. The first-order valence-electron chi connectivity index (χ1n) is 5.10. The van der Waals surface area contributed by atoms with Crippen molar-refractivity contribution >= 4 is 0 Å². The number of hydrogen-bond donors (Lipinski definition) is 0. The third-order valence-corrected chi connectivity index (χ3v) is 2.43. The predicted molar refractivity (Wildman–Crippen MR) is 58.4 cm³/mol. The van der Waals surface area contributed by atoms with Crippen molar-refractivity contribution in [3.05, 3.63) is 42.4 Å². The van der Waals surface area contributed by atoms with Gasteiger partial charge in [-0.15, -0.1) is 0 Å². The van der Waals surface area contributed by atoms with E-state index in [1.165, 1.54) is 6.33 Å². The summed E-state index contributed by atoms with van der Waals surface area (Å²) in [5.74, 6) is 0. The Balaban J connectivity index is 2.44. The molecule has 1 heterocycles. The van der Waals surface area contributed by atoms with Gasteiger partial charge in [-0.05, 0) is 0 Å². The number of alkyl halides is 3. The number of imidazole rings is 1. The van der Waals surface area contributed by atoms with Crippen LogP contribution in [0.4, 0.5) is 13.2 Å². The Labute approximate surface area is 96.7 Å². The van der Waals surface area contributed by atoms with Crippen molar-refractivity contribution in [1.29, 1.82) is 0 Å². The lowest BCUT2D eigenvalue weighted by Gasteiger charge is -2.08. The van der Waals surface area contributed by atoms with Gasteiger partial charge in [-0.3, -0.25) is 0 Å². The molecule has 1 aromatic heterocycles. The van der Waals surface area contributed by atoms with Gasteiger partial charge in [-0.25, -0.2) is 4.98 Å². The van der Waals surface area contributed by atoms with Crippen molar-refractivity contribution in [3.8, 4) is 11.3 Å². The number of nitrogens with zero attached hydrogens (tertiary/aromatic N) is 2.